The third kappa shape index (κ3) is 4.29. The molecular weight excluding hydrogens is 253 g/mol. The Labute approximate surface area is 121 Å². The van der Waals surface area contributed by atoms with Crippen LogP contribution in [0.15, 0.2) is 24.3 Å². The van der Waals surface area contributed by atoms with Gasteiger partial charge in [-0.2, -0.15) is 0 Å². The van der Waals surface area contributed by atoms with Crippen molar-refractivity contribution in [2.75, 3.05) is 6.54 Å². The summed E-state index contributed by atoms with van der Waals surface area (Å²) in [6, 6.07) is 6.93. The van der Waals surface area contributed by atoms with Gasteiger partial charge in [0.15, 0.2) is 0 Å². The van der Waals surface area contributed by atoms with E-state index in [4.69, 9.17) is 0 Å². The lowest BCUT2D eigenvalue weighted by Crippen LogP contribution is -2.36. The summed E-state index contributed by atoms with van der Waals surface area (Å²) in [5.74, 6) is 0.558. The van der Waals surface area contributed by atoms with Crippen molar-refractivity contribution in [3.63, 3.8) is 0 Å². The summed E-state index contributed by atoms with van der Waals surface area (Å²) in [5, 5.41) is 13.5. The van der Waals surface area contributed by atoms with Crippen LogP contribution in [0.25, 0.3) is 0 Å². The summed E-state index contributed by atoms with van der Waals surface area (Å²) in [7, 11) is 0. The molecule has 0 aromatic heterocycles. The average molecular weight is 279 g/mol. The molecule has 0 heterocycles. The maximum atomic E-state index is 13.6. The molecule has 112 valence electrons. The van der Waals surface area contributed by atoms with Crippen LogP contribution in [-0.4, -0.2) is 17.7 Å². The number of benzene rings is 1. The van der Waals surface area contributed by atoms with E-state index in [9.17, 15) is 9.50 Å². The van der Waals surface area contributed by atoms with E-state index in [0.717, 1.165) is 5.92 Å². The van der Waals surface area contributed by atoms with E-state index in [1.165, 1.54) is 44.6 Å². The number of halogens is 1. The van der Waals surface area contributed by atoms with Crippen molar-refractivity contribution < 1.29 is 9.50 Å². The van der Waals surface area contributed by atoms with E-state index in [1.807, 2.05) is 0 Å². The first-order valence-corrected chi connectivity index (χ1v) is 7.86. The van der Waals surface area contributed by atoms with Gasteiger partial charge >= 0.3 is 0 Å². The molecule has 3 heteroatoms. The van der Waals surface area contributed by atoms with Gasteiger partial charge in [-0.05, 0) is 37.7 Å². The van der Waals surface area contributed by atoms with Crippen molar-refractivity contribution >= 4 is 0 Å². The van der Waals surface area contributed by atoms with Crippen LogP contribution in [0.1, 0.15) is 57.1 Å². The molecular formula is C17H26FNO. The Morgan fingerprint density at radius 2 is 1.95 bits per heavy atom. The second-order valence-corrected chi connectivity index (χ2v) is 5.95. The van der Waals surface area contributed by atoms with Crippen LogP contribution in [0.2, 0.25) is 0 Å². The predicted molar refractivity (Wildman–Crippen MR) is 80.0 cm³/mol. The van der Waals surface area contributed by atoms with Gasteiger partial charge in [0, 0.05) is 18.2 Å². The van der Waals surface area contributed by atoms with E-state index >= 15 is 0 Å². The van der Waals surface area contributed by atoms with Crippen LogP contribution < -0.4 is 5.32 Å². The van der Waals surface area contributed by atoms with E-state index in [2.05, 4.69) is 12.2 Å². The molecule has 1 saturated carbocycles. The fourth-order valence-electron chi connectivity index (χ4n) is 3.20. The summed E-state index contributed by atoms with van der Waals surface area (Å²) in [4.78, 5) is 0. The predicted octanol–water partition coefficient (Wildman–Crippen LogP) is 3.81. The van der Waals surface area contributed by atoms with E-state index < -0.39 is 6.10 Å². The summed E-state index contributed by atoms with van der Waals surface area (Å²) in [5.41, 5.74) is 0.389. The normalized spacial score (nSPS) is 24.6. The largest absolute Gasteiger partial charge is 0.387 e. The monoisotopic (exact) mass is 279 g/mol. The molecule has 0 amide bonds. The van der Waals surface area contributed by atoms with Crippen molar-refractivity contribution in [3.8, 4) is 0 Å². The Morgan fingerprint density at radius 3 is 2.60 bits per heavy atom. The number of nitrogens with one attached hydrogen (secondary N) is 1. The molecule has 0 radical (unpaired) electrons. The number of hydrogen-bond donors (Lipinski definition) is 2. The third-order valence-corrected chi connectivity index (χ3v) is 4.41. The Hall–Kier alpha value is -0.930. The molecule has 1 aromatic carbocycles. The van der Waals surface area contributed by atoms with Crippen LogP contribution in [-0.2, 0) is 0 Å². The smallest absolute Gasteiger partial charge is 0.129 e. The molecule has 1 fully saturated rings. The van der Waals surface area contributed by atoms with Gasteiger partial charge in [0.1, 0.15) is 5.82 Å². The minimum absolute atomic E-state index is 0.326. The Balaban J connectivity index is 1.75. The van der Waals surface area contributed by atoms with Crippen LogP contribution >= 0.6 is 0 Å². The molecule has 1 atom stereocenters. The van der Waals surface area contributed by atoms with Gasteiger partial charge in [0.25, 0.3) is 0 Å². The highest BCUT2D eigenvalue weighted by molar-refractivity contribution is 5.20. The zero-order valence-corrected chi connectivity index (χ0v) is 12.3. The number of hydrogen-bond acceptors (Lipinski definition) is 2. The summed E-state index contributed by atoms with van der Waals surface area (Å²) < 4.78 is 13.6. The second-order valence-electron chi connectivity index (χ2n) is 5.95. The fraction of sp³-hybridized carbons (Fsp3) is 0.647. The minimum Gasteiger partial charge on any atom is -0.387 e. The molecule has 1 aliphatic carbocycles. The quantitative estimate of drug-likeness (QED) is 0.830. The van der Waals surface area contributed by atoms with E-state index in [-0.39, 0.29) is 5.82 Å². The summed E-state index contributed by atoms with van der Waals surface area (Å²) in [6.45, 7) is 2.68. The maximum Gasteiger partial charge on any atom is 0.129 e. The van der Waals surface area contributed by atoms with Crippen LogP contribution in [0.5, 0.6) is 0 Å². The molecule has 0 saturated heterocycles. The Bertz CT molecular complexity index is 402. The minimum atomic E-state index is -0.760. The number of aliphatic hydroxyl groups excluding tert-OH is 1. The molecule has 0 spiro atoms. The highest BCUT2D eigenvalue weighted by Crippen LogP contribution is 2.28. The average Bonchev–Trinajstić information content (AvgIpc) is 2.47. The van der Waals surface area contributed by atoms with Crippen molar-refractivity contribution in [2.45, 2.75) is 57.6 Å². The third-order valence-electron chi connectivity index (χ3n) is 4.41. The first kappa shape index (κ1) is 15.5. The number of aliphatic hydroxyl groups is 1. The van der Waals surface area contributed by atoms with Gasteiger partial charge in [-0.25, -0.2) is 4.39 Å². The molecule has 0 bridgehead atoms. The fourth-order valence-corrected chi connectivity index (χ4v) is 3.20. The zero-order valence-electron chi connectivity index (χ0n) is 12.3. The lowest BCUT2D eigenvalue weighted by molar-refractivity contribution is 0.157. The zero-order chi connectivity index (χ0) is 14.4. The van der Waals surface area contributed by atoms with Crippen molar-refractivity contribution in [1.82, 2.24) is 5.32 Å². The van der Waals surface area contributed by atoms with E-state index in [1.54, 1.807) is 18.2 Å². The van der Waals surface area contributed by atoms with Crippen LogP contribution in [0.3, 0.4) is 0 Å². The molecule has 0 aliphatic heterocycles. The van der Waals surface area contributed by atoms with Crippen LogP contribution in [0, 0.1) is 11.7 Å². The van der Waals surface area contributed by atoms with Gasteiger partial charge in [0.05, 0.1) is 6.10 Å². The molecule has 20 heavy (non-hydrogen) atoms. The molecule has 2 rings (SSSR count). The van der Waals surface area contributed by atoms with Gasteiger partial charge in [-0.15, -0.1) is 0 Å². The van der Waals surface area contributed by atoms with Gasteiger partial charge in [0.2, 0.25) is 0 Å². The highest BCUT2D eigenvalue weighted by Gasteiger charge is 2.21. The lowest BCUT2D eigenvalue weighted by Gasteiger charge is -2.29. The van der Waals surface area contributed by atoms with Crippen molar-refractivity contribution in [3.05, 3.63) is 35.6 Å². The molecule has 2 N–H and O–H groups in total. The topological polar surface area (TPSA) is 32.3 Å². The molecule has 2 nitrogen and oxygen atoms in total. The molecule has 1 aliphatic rings. The van der Waals surface area contributed by atoms with Crippen molar-refractivity contribution in [1.29, 1.82) is 0 Å². The molecule has 1 aromatic rings. The van der Waals surface area contributed by atoms with Gasteiger partial charge < -0.3 is 10.4 Å². The first-order chi connectivity index (χ1) is 9.70. The van der Waals surface area contributed by atoms with Crippen molar-refractivity contribution in [2.24, 2.45) is 5.92 Å². The second kappa shape index (κ2) is 7.75. The lowest BCUT2D eigenvalue weighted by atomic mass is 9.83. The summed E-state index contributed by atoms with van der Waals surface area (Å²) in [6.07, 6.45) is 6.76. The summed E-state index contributed by atoms with van der Waals surface area (Å²) >= 11 is 0. The highest BCUT2D eigenvalue weighted by atomic mass is 19.1. The van der Waals surface area contributed by atoms with Gasteiger partial charge in [-0.1, -0.05) is 38.0 Å². The van der Waals surface area contributed by atoms with Gasteiger partial charge in [-0.3, -0.25) is 0 Å². The standard InChI is InChI=1S/C17H26FNO/c1-2-5-13-8-10-14(11-9-13)19-12-17(20)15-6-3-4-7-16(15)18/h3-4,6-7,13-14,17,19-20H,2,5,8-12H2,1H3. The maximum absolute atomic E-state index is 13.6. The SMILES string of the molecule is CCCC1CCC(NCC(O)c2ccccc2F)CC1. The van der Waals surface area contributed by atoms with E-state index in [0.29, 0.717) is 18.2 Å². The molecule has 1 unspecified atom stereocenters. The Morgan fingerprint density at radius 1 is 1.25 bits per heavy atom. The number of rotatable bonds is 6. The first-order valence-electron chi connectivity index (χ1n) is 7.86. The van der Waals surface area contributed by atoms with Crippen LogP contribution in [0.4, 0.5) is 4.39 Å². The Kier molecular flexibility index (Phi) is 5.99.